The summed E-state index contributed by atoms with van der Waals surface area (Å²) in [6.07, 6.45) is 0.974. The molecular weight excluding hydrogens is 218 g/mol. The zero-order valence-electron chi connectivity index (χ0n) is 9.55. The zero-order valence-corrected chi connectivity index (χ0v) is 9.55. The fourth-order valence-corrected chi connectivity index (χ4v) is 1.96. The Kier molecular flexibility index (Phi) is 3.04. The molecule has 17 heavy (non-hydrogen) atoms. The molecule has 2 amide bonds. The van der Waals surface area contributed by atoms with E-state index in [1.807, 2.05) is 0 Å². The van der Waals surface area contributed by atoms with Crippen LogP contribution in [0.1, 0.15) is 30.1 Å². The zero-order chi connectivity index (χ0) is 12.4. The van der Waals surface area contributed by atoms with E-state index in [1.54, 1.807) is 37.3 Å². The molecule has 0 spiro atoms. The van der Waals surface area contributed by atoms with E-state index in [4.69, 9.17) is 0 Å². The summed E-state index contributed by atoms with van der Waals surface area (Å²) in [6.45, 7) is 1.78. The summed E-state index contributed by atoms with van der Waals surface area (Å²) in [5.41, 5.74) is 0.324. The number of carbonyl (C=O) groups excluding carboxylic acids is 3. The predicted octanol–water partition coefficient (Wildman–Crippen LogP) is 1.41. The molecule has 1 aliphatic heterocycles. The SMILES string of the molecule is C[C@@H]1CCC(=O)N1C(=O)C(=O)c1ccccc1. The van der Waals surface area contributed by atoms with Gasteiger partial charge in [-0.25, -0.2) is 0 Å². The minimum absolute atomic E-state index is 0.178. The highest BCUT2D eigenvalue weighted by molar-refractivity contribution is 6.44. The van der Waals surface area contributed by atoms with Crippen molar-refractivity contribution in [3.05, 3.63) is 35.9 Å². The van der Waals surface area contributed by atoms with Crippen LogP contribution in [0, 0.1) is 0 Å². The Bertz CT molecular complexity index is 467. The summed E-state index contributed by atoms with van der Waals surface area (Å²) in [6, 6.07) is 8.12. The number of amides is 2. The van der Waals surface area contributed by atoms with E-state index in [1.165, 1.54) is 0 Å². The second kappa shape index (κ2) is 4.49. The van der Waals surface area contributed by atoms with Crippen LogP contribution in [0.15, 0.2) is 30.3 Å². The Morgan fingerprint density at radius 2 is 1.88 bits per heavy atom. The number of benzene rings is 1. The molecule has 88 valence electrons. The second-order valence-corrected chi connectivity index (χ2v) is 4.15. The van der Waals surface area contributed by atoms with Crippen LogP contribution in [0.4, 0.5) is 0 Å². The van der Waals surface area contributed by atoms with Crippen molar-refractivity contribution in [2.45, 2.75) is 25.8 Å². The number of ketones is 1. The average Bonchev–Trinajstić information content (AvgIpc) is 2.68. The maximum atomic E-state index is 11.9. The van der Waals surface area contributed by atoms with Gasteiger partial charge in [0.25, 0.3) is 5.78 Å². The number of carbonyl (C=O) groups is 3. The number of hydrogen-bond acceptors (Lipinski definition) is 3. The van der Waals surface area contributed by atoms with Crippen LogP contribution in [-0.2, 0) is 9.59 Å². The topological polar surface area (TPSA) is 54.5 Å². The molecule has 1 saturated heterocycles. The maximum absolute atomic E-state index is 11.9. The highest BCUT2D eigenvalue weighted by Crippen LogP contribution is 2.19. The average molecular weight is 231 g/mol. The molecule has 0 unspecified atom stereocenters. The van der Waals surface area contributed by atoms with Crippen molar-refractivity contribution < 1.29 is 14.4 Å². The molecule has 1 aromatic rings. The molecule has 1 aromatic carbocycles. The number of imide groups is 1. The molecule has 0 saturated carbocycles. The monoisotopic (exact) mass is 231 g/mol. The summed E-state index contributed by atoms with van der Waals surface area (Å²) in [5, 5.41) is 0. The van der Waals surface area contributed by atoms with Crippen LogP contribution in [0.25, 0.3) is 0 Å². The first-order chi connectivity index (χ1) is 8.11. The number of hydrogen-bond donors (Lipinski definition) is 0. The quantitative estimate of drug-likeness (QED) is 0.571. The van der Waals surface area contributed by atoms with Crippen LogP contribution in [0.2, 0.25) is 0 Å². The van der Waals surface area contributed by atoms with Gasteiger partial charge in [0.05, 0.1) is 0 Å². The van der Waals surface area contributed by atoms with Crippen molar-refractivity contribution in [1.82, 2.24) is 4.90 Å². The molecule has 1 fully saturated rings. The molecule has 4 nitrogen and oxygen atoms in total. The summed E-state index contributed by atoms with van der Waals surface area (Å²) < 4.78 is 0. The van der Waals surface area contributed by atoms with E-state index in [-0.39, 0.29) is 11.9 Å². The van der Waals surface area contributed by atoms with Gasteiger partial charge in [-0.2, -0.15) is 0 Å². The van der Waals surface area contributed by atoms with Crippen LogP contribution in [0.5, 0.6) is 0 Å². The van der Waals surface area contributed by atoms with Gasteiger partial charge in [0.2, 0.25) is 5.91 Å². The summed E-state index contributed by atoms with van der Waals surface area (Å²) in [7, 11) is 0. The van der Waals surface area contributed by atoms with Crippen LogP contribution in [-0.4, -0.2) is 28.5 Å². The molecule has 0 aliphatic carbocycles. The van der Waals surface area contributed by atoms with Gasteiger partial charge in [-0.3, -0.25) is 19.3 Å². The summed E-state index contributed by atoms with van der Waals surface area (Å²) in [5.74, 6) is -1.59. The van der Waals surface area contributed by atoms with Crippen molar-refractivity contribution in [3.63, 3.8) is 0 Å². The molecule has 0 bridgehead atoms. The van der Waals surface area contributed by atoms with Crippen LogP contribution in [0.3, 0.4) is 0 Å². The second-order valence-electron chi connectivity index (χ2n) is 4.15. The standard InChI is InChI=1S/C13H13NO3/c1-9-7-8-11(15)14(9)13(17)12(16)10-5-3-2-4-6-10/h2-6,9H,7-8H2,1H3/t9-/m1/s1. The third kappa shape index (κ3) is 2.11. The summed E-state index contributed by atoms with van der Waals surface area (Å²) >= 11 is 0. The maximum Gasteiger partial charge on any atom is 0.301 e. The number of rotatable bonds is 2. The van der Waals surface area contributed by atoms with Crippen LogP contribution >= 0.6 is 0 Å². The first-order valence-corrected chi connectivity index (χ1v) is 5.57. The van der Waals surface area contributed by atoms with E-state index in [0.29, 0.717) is 18.4 Å². The van der Waals surface area contributed by atoms with Crippen molar-refractivity contribution >= 4 is 17.6 Å². The molecular formula is C13H13NO3. The molecule has 1 atom stereocenters. The van der Waals surface area contributed by atoms with Gasteiger partial charge in [-0.05, 0) is 13.3 Å². The Balaban J connectivity index is 2.21. The molecule has 4 heteroatoms. The van der Waals surface area contributed by atoms with E-state index in [2.05, 4.69) is 0 Å². The van der Waals surface area contributed by atoms with Crippen molar-refractivity contribution in [3.8, 4) is 0 Å². The Hall–Kier alpha value is -1.97. The van der Waals surface area contributed by atoms with Crippen molar-refractivity contribution in [2.75, 3.05) is 0 Å². The van der Waals surface area contributed by atoms with Gasteiger partial charge in [-0.1, -0.05) is 30.3 Å². The normalized spacial score (nSPS) is 19.5. The first kappa shape index (κ1) is 11.5. The van der Waals surface area contributed by atoms with Gasteiger partial charge in [-0.15, -0.1) is 0 Å². The minimum Gasteiger partial charge on any atom is -0.283 e. The highest BCUT2D eigenvalue weighted by atomic mass is 16.2. The smallest absolute Gasteiger partial charge is 0.283 e. The Labute approximate surface area is 99.2 Å². The fourth-order valence-electron chi connectivity index (χ4n) is 1.96. The van der Waals surface area contributed by atoms with E-state index in [9.17, 15) is 14.4 Å². The Morgan fingerprint density at radius 3 is 2.41 bits per heavy atom. The molecule has 0 aromatic heterocycles. The molecule has 1 aliphatic rings. The van der Waals surface area contributed by atoms with E-state index >= 15 is 0 Å². The number of likely N-dealkylation sites (tertiary alicyclic amines) is 1. The molecule has 0 radical (unpaired) electrons. The van der Waals surface area contributed by atoms with Gasteiger partial charge >= 0.3 is 5.91 Å². The van der Waals surface area contributed by atoms with Gasteiger partial charge in [0.15, 0.2) is 0 Å². The first-order valence-electron chi connectivity index (χ1n) is 5.57. The third-order valence-electron chi connectivity index (χ3n) is 2.93. The largest absolute Gasteiger partial charge is 0.301 e. The van der Waals surface area contributed by atoms with E-state index < -0.39 is 11.7 Å². The van der Waals surface area contributed by atoms with Gasteiger partial charge in [0.1, 0.15) is 0 Å². The lowest BCUT2D eigenvalue weighted by atomic mass is 10.1. The minimum atomic E-state index is -0.716. The van der Waals surface area contributed by atoms with Crippen molar-refractivity contribution in [2.24, 2.45) is 0 Å². The highest BCUT2D eigenvalue weighted by Gasteiger charge is 2.36. The fraction of sp³-hybridized carbons (Fsp3) is 0.308. The van der Waals surface area contributed by atoms with Gasteiger partial charge < -0.3 is 0 Å². The Morgan fingerprint density at radius 1 is 1.24 bits per heavy atom. The molecule has 1 heterocycles. The van der Waals surface area contributed by atoms with Crippen molar-refractivity contribution in [1.29, 1.82) is 0 Å². The number of Topliss-reactive ketones (excluding diaryl/α,β-unsaturated/α-hetero) is 1. The molecule has 2 rings (SSSR count). The van der Waals surface area contributed by atoms with Gasteiger partial charge in [0, 0.05) is 18.0 Å². The third-order valence-corrected chi connectivity index (χ3v) is 2.93. The van der Waals surface area contributed by atoms with Crippen LogP contribution < -0.4 is 0 Å². The number of nitrogens with zero attached hydrogens (tertiary/aromatic N) is 1. The lowest BCUT2D eigenvalue weighted by molar-refractivity contribution is -0.140. The lowest BCUT2D eigenvalue weighted by Gasteiger charge is -2.18. The summed E-state index contributed by atoms with van der Waals surface area (Å²) in [4.78, 5) is 36.4. The predicted molar refractivity (Wildman–Crippen MR) is 61.3 cm³/mol. The van der Waals surface area contributed by atoms with E-state index in [0.717, 1.165) is 4.90 Å². The molecule has 0 N–H and O–H groups in total. The lowest BCUT2D eigenvalue weighted by Crippen LogP contribution is -2.41.